The van der Waals surface area contributed by atoms with Crippen LogP contribution in [0.2, 0.25) is 0 Å². The van der Waals surface area contributed by atoms with E-state index in [9.17, 15) is 18.0 Å². The van der Waals surface area contributed by atoms with E-state index < -0.39 is 32.4 Å². The Kier molecular flexibility index (Phi) is 3.67. The maximum Gasteiger partial charge on any atom is 0.257 e. The topological polar surface area (TPSA) is 136 Å². The van der Waals surface area contributed by atoms with Crippen LogP contribution < -0.4 is 10.9 Å². The van der Waals surface area contributed by atoms with Gasteiger partial charge in [-0.25, -0.2) is 18.5 Å². The van der Waals surface area contributed by atoms with Crippen molar-refractivity contribution in [3.8, 4) is 0 Å². The summed E-state index contributed by atoms with van der Waals surface area (Å²) >= 11 is 0. The lowest BCUT2D eigenvalue weighted by molar-refractivity contribution is 0.0816. The molecule has 0 aromatic carbocycles. The minimum atomic E-state index is -4.23. The van der Waals surface area contributed by atoms with Gasteiger partial charge in [0.25, 0.3) is 15.9 Å². The number of amides is 2. The van der Waals surface area contributed by atoms with Gasteiger partial charge in [-0.15, -0.1) is 0 Å². The van der Waals surface area contributed by atoms with Gasteiger partial charge in [-0.2, -0.15) is 0 Å². The number of hydrogen-bond acceptors (Lipinski definition) is 5. The molecule has 98 valence electrons. The van der Waals surface area contributed by atoms with Crippen LogP contribution in [0.5, 0.6) is 0 Å². The molecule has 0 bridgehead atoms. The number of rotatable bonds is 3. The van der Waals surface area contributed by atoms with E-state index in [4.69, 9.17) is 10.9 Å². The fourth-order valence-electron chi connectivity index (χ4n) is 1.29. The summed E-state index contributed by atoms with van der Waals surface area (Å²) in [7, 11) is -1.44. The average molecular weight is 272 g/mol. The molecule has 4 N–H and O–H groups in total. The number of carbonyl (C=O) groups excluding carboxylic acids is 2. The van der Waals surface area contributed by atoms with Crippen molar-refractivity contribution in [2.45, 2.75) is 5.03 Å². The van der Waals surface area contributed by atoms with E-state index >= 15 is 0 Å². The Morgan fingerprint density at radius 3 is 2.28 bits per heavy atom. The summed E-state index contributed by atoms with van der Waals surface area (Å²) in [5.74, 6) is -1.66. The molecule has 1 aromatic heterocycles. The van der Waals surface area contributed by atoms with Gasteiger partial charge in [-0.3, -0.25) is 9.59 Å². The van der Waals surface area contributed by atoms with E-state index in [1.54, 1.807) is 0 Å². The molecule has 18 heavy (non-hydrogen) atoms. The summed E-state index contributed by atoms with van der Waals surface area (Å²) in [6.45, 7) is 0. The van der Waals surface area contributed by atoms with Gasteiger partial charge in [-0.1, -0.05) is 0 Å². The molecule has 0 fully saturated rings. The number of primary sulfonamides is 1. The Labute approximate surface area is 104 Å². The summed E-state index contributed by atoms with van der Waals surface area (Å²) < 4.78 is 22.7. The van der Waals surface area contributed by atoms with Crippen molar-refractivity contribution in [2.24, 2.45) is 10.9 Å². The monoisotopic (exact) mass is 272 g/mol. The zero-order valence-corrected chi connectivity index (χ0v) is 10.6. The summed E-state index contributed by atoms with van der Waals surface area (Å²) in [6.07, 6.45) is 1.05. The van der Waals surface area contributed by atoms with Crippen molar-refractivity contribution >= 4 is 21.8 Å². The van der Waals surface area contributed by atoms with Gasteiger partial charge >= 0.3 is 0 Å². The first-order valence-electron chi connectivity index (χ1n) is 4.69. The van der Waals surface area contributed by atoms with Crippen LogP contribution in [0, 0.1) is 0 Å². The third-order valence-corrected chi connectivity index (χ3v) is 2.92. The standard InChI is InChI=1S/C9H12N4O4S/c1-13(2)9(15)6-5(7(10)14)3-4-12-8(6)18(11,16)17/h3-4H,1-2H3,(H2,10,14)(H2,11,16,17). The summed E-state index contributed by atoms with van der Waals surface area (Å²) in [6, 6.07) is 1.16. The van der Waals surface area contributed by atoms with Crippen LogP contribution in [0.15, 0.2) is 17.3 Å². The molecule has 0 saturated carbocycles. The van der Waals surface area contributed by atoms with Gasteiger partial charge in [-0.05, 0) is 6.07 Å². The van der Waals surface area contributed by atoms with E-state index in [1.165, 1.54) is 14.1 Å². The van der Waals surface area contributed by atoms with Crippen LogP contribution in [-0.2, 0) is 10.0 Å². The lowest BCUT2D eigenvalue weighted by Crippen LogP contribution is -2.30. The van der Waals surface area contributed by atoms with Crippen molar-refractivity contribution in [2.75, 3.05) is 14.1 Å². The van der Waals surface area contributed by atoms with Gasteiger partial charge in [0.2, 0.25) is 5.91 Å². The summed E-state index contributed by atoms with van der Waals surface area (Å²) in [5, 5.41) is 4.28. The average Bonchev–Trinajstić information content (AvgIpc) is 2.25. The lowest BCUT2D eigenvalue weighted by Gasteiger charge is -2.14. The number of aromatic nitrogens is 1. The number of nitrogens with zero attached hydrogens (tertiary/aromatic N) is 2. The maximum absolute atomic E-state index is 11.9. The van der Waals surface area contributed by atoms with Crippen molar-refractivity contribution < 1.29 is 18.0 Å². The highest BCUT2D eigenvalue weighted by atomic mass is 32.2. The molecule has 0 aliphatic carbocycles. The first kappa shape index (κ1) is 14.1. The van der Waals surface area contributed by atoms with Crippen molar-refractivity contribution in [3.63, 3.8) is 0 Å². The van der Waals surface area contributed by atoms with Gasteiger partial charge in [0.1, 0.15) is 0 Å². The molecule has 1 heterocycles. The SMILES string of the molecule is CN(C)C(=O)c1c(C(N)=O)ccnc1S(N)(=O)=O. The first-order valence-corrected chi connectivity index (χ1v) is 6.24. The van der Waals surface area contributed by atoms with E-state index in [0.717, 1.165) is 17.2 Å². The van der Waals surface area contributed by atoms with Crippen LogP contribution in [0.1, 0.15) is 20.7 Å². The van der Waals surface area contributed by atoms with Crippen LogP contribution in [-0.4, -0.2) is 44.2 Å². The second-order valence-electron chi connectivity index (χ2n) is 3.65. The van der Waals surface area contributed by atoms with Crippen molar-refractivity contribution in [3.05, 3.63) is 23.4 Å². The molecule has 0 unspecified atom stereocenters. The predicted octanol–water partition coefficient (Wildman–Crippen LogP) is -1.47. The number of pyridine rings is 1. The van der Waals surface area contributed by atoms with E-state index in [2.05, 4.69) is 4.98 Å². The second-order valence-corrected chi connectivity index (χ2v) is 5.12. The minimum Gasteiger partial charge on any atom is -0.366 e. The number of hydrogen-bond donors (Lipinski definition) is 2. The molecule has 0 saturated heterocycles. The minimum absolute atomic E-state index is 0.243. The zero-order chi connectivity index (χ0) is 14.1. The molecule has 0 aliphatic rings. The van der Waals surface area contributed by atoms with Gasteiger partial charge < -0.3 is 10.6 Å². The Morgan fingerprint density at radius 2 is 1.89 bits per heavy atom. The smallest absolute Gasteiger partial charge is 0.257 e. The van der Waals surface area contributed by atoms with Crippen LogP contribution >= 0.6 is 0 Å². The highest BCUT2D eigenvalue weighted by Gasteiger charge is 2.27. The molecule has 2 amide bonds. The normalized spacial score (nSPS) is 11.1. The Hall–Kier alpha value is -2.00. The molecule has 0 spiro atoms. The van der Waals surface area contributed by atoms with Crippen LogP contribution in [0.3, 0.4) is 0 Å². The fourth-order valence-corrected chi connectivity index (χ4v) is 1.98. The molecule has 0 radical (unpaired) electrons. The number of sulfonamides is 1. The number of nitrogens with two attached hydrogens (primary N) is 2. The van der Waals surface area contributed by atoms with Crippen molar-refractivity contribution in [1.29, 1.82) is 0 Å². The van der Waals surface area contributed by atoms with Crippen molar-refractivity contribution in [1.82, 2.24) is 9.88 Å². The summed E-state index contributed by atoms with van der Waals surface area (Å²) in [4.78, 5) is 27.7. The molecule has 9 heteroatoms. The largest absolute Gasteiger partial charge is 0.366 e. The third-order valence-electron chi connectivity index (χ3n) is 2.07. The first-order chi connectivity index (χ1) is 8.16. The zero-order valence-electron chi connectivity index (χ0n) is 9.75. The molecule has 8 nitrogen and oxygen atoms in total. The summed E-state index contributed by atoms with van der Waals surface area (Å²) in [5.41, 5.74) is 4.43. The van der Waals surface area contributed by atoms with E-state index in [1.807, 2.05) is 0 Å². The number of primary amides is 1. The quantitative estimate of drug-likeness (QED) is 0.692. The fraction of sp³-hybridized carbons (Fsp3) is 0.222. The Bertz CT molecular complexity index is 609. The van der Waals surface area contributed by atoms with E-state index in [0.29, 0.717) is 0 Å². The number of carbonyl (C=O) groups is 2. The highest BCUT2D eigenvalue weighted by molar-refractivity contribution is 7.89. The third kappa shape index (κ3) is 2.63. The van der Waals surface area contributed by atoms with Gasteiger partial charge in [0, 0.05) is 20.3 Å². The van der Waals surface area contributed by atoms with Gasteiger partial charge in [0.15, 0.2) is 5.03 Å². The highest BCUT2D eigenvalue weighted by Crippen LogP contribution is 2.17. The molecule has 1 aromatic rings. The van der Waals surface area contributed by atoms with Crippen LogP contribution in [0.4, 0.5) is 0 Å². The molecule has 1 rings (SSSR count). The van der Waals surface area contributed by atoms with Gasteiger partial charge in [0.05, 0.1) is 11.1 Å². The van der Waals surface area contributed by atoms with E-state index in [-0.39, 0.29) is 5.56 Å². The lowest BCUT2D eigenvalue weighted by atomic mass is 10.1. The predicted molar refractivity (Wildman–Crippen MR) is 62.1 cm³/mol. The van der Waals surface area contributed by atoms with Crippen LogP contribution in [0.25, 0.3) is 0 Å². The second kappa shape index (κ2) is 4.70. The molecular formula is C9H12N4O4S. The maximum atomic E-state index is 11.9. The Balaban J connectivity index is 3.71. The molecule has 0 atom stereocenters. The Morgan fingerprint density at radius 1 is 1.33 bits per heavy atom. The molecule has 0 aliphatic heterocycles. The molecular weight excluding hydrogens is 260 g/mol.